The molecule has 5 rings (SSSR count). The number of rotatable bonds is 13. The van der Waals surface area contributed by atoms with Gasteiger partial charge in [0.15, 0.2) is 0 Å². The van der Waals surface area contributed by atoms with Gasteiger partial charge in [0, 0.05) is 12.6 Å². The Labute approximate surface area is 284 Å². The zero-order chi connectivity index (χ0) is 34.1. The number of nitrogens with one attached hydrogen (secondary N) is 1. The summed E-state index contributed by atoms with van der Waals surface area (Å²) in [5, 5.41) is 3.20. The number of carbonyl (C=O) groups excluding carboxylic acids is 2. The largest absolute Gasteiger partial charge is 0.457 e. The zero-order valence-electron chi connectivity index (χ0n) is 28.0. The molecule has 0 aliphatic heterocycles. The van der Waals surface area contributed by atoms with Crippen molar-refractivity contribution in [3.63, 3.8) is 0 Å². The van der Waals surface area contributed by atoms with E-state index in [0.717, 1.165) is 53.1 Å². The standard InChI is InChI=1S/C39H45N3O5S/c1-4-37(39(44)40-32-14-7-5-8-15-32)41(27-31-13-11-12-30(3)26-31)38(43)28-42(48(45,46)36-24-18-29(2)19-25-36)33-20-22-35(23-21-33)47-34-16-9-6-10-17-34/h6,9-13,16-26,32,37H,4-5,7-8,14-15,27-28H2,1-3H3,(H,40,44)/t37-/m0/s1. The van der Waals surface area contributed by atoms with Crippen LogP contribution in [-0.4, -0.2) is 43.8 Å². The van der Waals surface area contributed by atoms with E-state index in [2.05, 4.69) is 5.32 Å². The lowest BCUT2D eigenvalue weighted by Crippen LogP contribution is -2.54. The second-order valence-electron chi connectivity index (χ2n) is 12.5. The summed E-state index contributed by atoms with van der Waals surface area (Å²) in [5.41, 5.74) is 3.11. The predicted octanol–water partition coefficient (Wildman–Crippen LogP) is 7.55. The van der Waals surface area contributed by atoms with Crippen LogP contribution in [0.1, 0.15) is 62.1 Å². The fourth-order valence-electron chi connectivity index (χ4n) is 6.14. The minimum Gasteiger partial charge on any atom is -0.457 e. The second kappa shape index (κ2) is 16.0. The average Bonchev–Trinajstić information content (AvgIpc) is 3.08. The van der Waals surface area contributed by atoms with Crippen LogP contribution in [0.15, 0.2) is 108 Å². The van der Waals surface area contributed by atoms with Gasteiger partial charge in [0.05, 0.1) is 10.6 Å². The summed E-state index contributed by atoms with van der Waals surface area (Å²) in [7, 11) is -4.18. The van der Waals surface area contributed by atoms with Gasteiger partial charge >= 0.3 is 0 Å². The number of sulfonamides is 1. The Bertz CT molecular complexity index is 1770. The van der Waals surface area contributed by atoms with Gasteiger partial charge in [-0.1, -0.05) is 91.9 Å². The summed E-state index contributed by atoms with van der Waals surface area (Å²) >= 11 is 0. The summed E-state index contributed by atoms with van der Waals surface area (Å²) < 4.78 is 35.6. The van der Waals surface area contributed by atoms with Crippen LogP contribution >= 0.6 is 0 Å². The molecule has 48 heavy (non-hydrogen) atoms. The van der Waals surface area contributed by atoms with Crippen molar-refractivity contribution in [2.75, 3.05) is 10.8 Å². The van der Waals surface area contributed by atoms with Gasteiger partial charge in [-0.25, -0.2) is 8.42 Å². The van der Waals surface area contributed by atoms with E-state index in [9.17, 15) is 18.0 Å². The molecule has 1 aliphatic rings. The van der Waals surface area contributed by atoms with Crippen molar-refractivity contribution in [3.8, 4) is 11.5 Å². The third-order valence-electron chi connectivity index (χ3n) is 8.76. The molecule has 0 heterocycles. The molecule has 1 fully saturated rings. The van der Waals surface area contributed by atoms with E-state index in [-0.39, 0.29) is 23.4 Å². The third-order valence-corrected chi connectivity index (χ3v) is 10.6. The fraction of sp³-hybridized carbons (Fsp3) is 0.333. The summed E-state index contributed by atoms with van der Waals surface area (Å²) in [4.78, 5) is 29.9. The van der Waals surface area contributed by atoms with Gasteiger partial charge in [-0.05, 0) is 87.2 Å². The van der Waals surface area contributed by atoms with Gasteiger partial charge in [0.1, 0.15) is 24.1 Å². The number of anilines is 1. The Morgan fingerprint density at radius 1 is 0.812 bits per heavy atom. The first kappa shape index (κ1) is 34.7. The summed E-state index contributed by atoms with van der Waals surface area (Å²) in [6, 6.07) is 29.6. The van der Waals surface area contributed by atoms with Crippen LogP contribution in [0, 0.1) is 13.8 Å². The molecular weight excluding hydrogens is 623 g/mol. The zero-order valence-corrected chi connectivity index (χ0v) is 28.8. The molecule has 1 aliphatic carbocycles. The molecule has 0 bridgehead atoms. The monoisotopic (exact) mass is 667 g/mol. The van der Waals surface area contributed by atoms with Crippen molar-refractivity contribution in [2.24, 2.45) is 0 Å². The predicted molar refractivity (Wildman–Crippen MR) is 189 cm³/mol. The Morgan fingerprint density at radius 2 is 1.48 bits per heavy atom. The van der Waals surface area contributed by atoms with Gasteiger partial charge in [0.25, 0.3) is 10.0 Å². The minimum absolute atomic E-state index is 0.0674. The molecule has 1 saturated carbocycles. The Hall–Kier alpha value is -4.63. The van der Waals surface area contributed by atoms with Crippen molar-refractivity contribution in [3.05, 3.63) is 120 Å². The molecule has 0 unspecified atom stereocenters. The molecule has 4 aromatic carbocycles. The van der Waals surface area contributed by atoms with Crippen molar-refractivity contribution < 1.29 is 22.7 Å². The number of nitrogens with zero attached hydrogens (tertiary/aromatic N) is 2. The first-order chi connectivity index (χ1) is 23.1. The van der Waals surface area contributed by atoms with Crippen molar-refractivity contribution >= 4 is 27.5 Å². The highest BCUT2D eigenvalue weighted by molar-refractivity contribution is 7.92. The number of hydrogen-bond donors (Lipinski definition) is 1. The quantitative estimate of drug-likeness (QED) is 0.159. The molecule has 0 saturated heterocycles. The van der Waals surface area contributed by atoms with Crippen molar-refractivity contribution in [2.45, 2.75) is 82.8 Å². The molecule has 0 aromatic heterocycles. The molecule has 1 N–H and O–H groups in total. The molecule has 2 amide bonds. The number of carbonyl (C=O) groups is 2. The normalized spacial score (nSPS) is 14.1. The lowest BCUT2D eigenvalue weighted by Gasteiger charge is -2.34. The lowest BCUT2D eigenvalue weighted by molar-refractivity contribution is -0.140. The van der Waals surface area contributed by atoms with E-state index in [0.29, 0.717) is 23.6 Å². The SMILES string of the molecule is CC[C@@H](C(=O)NC1CCCCC1)N(Cc1cccc(C)c1)C(=O)CN(c1ccc(Oc2ccccc2)cc1)S(=O)(=O)c1ccc(C)cc1. The van der Waals surface area contributed by atoms with Crippen molar-refractivity contribution in [1.82, 2.24) is 10.2 Å². The maximum absolute atomic E-state index is 14.5. The first-order valence-electron chi connectivity index (χ1n) is 16.7. The molecule has 9 heteroatoms. The summed E-state index contributed by atoms with van der Waals surface area (Å²) in [6.07, 6.45) is 5.50. The third kappa shape index (κ3) is 8.83. The highest BCUT2D eigenvalue weighted by atomic mass is 32.2. The maximum Gasteiger partial charge on any atom is 0.264 e. The van der Waals surface area contributed by atoms with Gasteiger partial charge in [0.2, 0.25) is 11.8 Å². The van der Waals surface area contributed by atoms with Crippen LogP contribution in [0.4, 0.5) is 5.69 Å². The molecule has 0 spiro atoms. The highest BCUT2D eigenvalue weighted by Crippen LogP contribution is 2.29. The van der Waals surface area contributed by atoms with Gasteiger partial charge < -0.3 is 15.0 Å². The number of para-hydroxylation sites is 1. The number of ether oxygens (including phenoxy) is 1. The molecular formula is C39H45N3O5S. The van der Waals surface area contributed by atoms with Gasteiger partial charge in [-0.15, -0.1) is 0 Å². The van der Waals surface area contributed by atoms with Crippen LogP contribution in [0.25, 0.3) is 0 Å². The summed E-state index contributed by atoms with van der Waals surface area (Å²) in [6.45, 7) is 5.42. The van der Waals surface area contributed by atoms with E-state index in [4.69, 9.17) is 4.74 Å². The topological polar surface area (TPSA) is 96.0 Å². The number of amides is 2. The minimum atomic E-state index is -4.18. The Kier molecular flexibility index (Phi) is 11.5. The molecule has 1 atom stereocenters. The number of aryl methyl sites for hydroxylation is 2. The van der Waals surface area contributed by atoms with E-state index in [1.54, 1.807) is 48.5 Å². The lowest BCUT2D eigenvalue weighted by atomic mass is 9.95. The number of benzene rings is 4. The first-order valence-corrected chi connectivity index (χ1v) is 18.2. The smallest absolute Gasteiger partial charge is 0.264 e. The van der Waals surface area contributed by atoms with Crippen LogP contribution in [-0.2, 0) is 26.2 Å². The average molecular weight is 668 g/mol. The van der Waals surface area contributed by atoms with E-state index < -0.39 is 28.5 Å². The van der Waals surface area contributed by atoms with E-state index >= 15 is 0 Å². The Balaban J connectivity index is 1.49. The van der Waals surface area contributed by atoms with Crippen molar-refractivity contribution in [1.29, 1.82) is 0 Å². The summed E-state index contributed by atoms with van der Waals surface area (Å²) in [5.74, 6) is 0.493. The maximum atomic E-state index is 14.5. The fourth-order valence-corrected chi connectivity index (χ4v) is 7.56. The molecule has 4 aromatic rings. The van der Waals surface area contributed by atoms with Crippen LogP contribution in [0.5, 0.6) is 11.5 Å². The van der Waals surface area contributed by atoms with Crippen LogP contribution in [0.3, 0.4) is 0 Å². The van der Waals surface area contributed by atoms with Crippen LogP contribution in [0.2, 0.25) is 0 Å². The molecule has 252 valence electrons. The number of hydrogen-bond acceptors (Lipinski definition) is 5. The highest BCUT2D eigenvalue weighted by Gasteiger charge is 2.34. The molecule has 8 nitrogen and oxygen atoms in total. The van der Waals surface area contributed by atoms with Gasteiger partial charge in [-0.2, -0.15) is 0 Å². The van der Waals surface area contributed by atoms with Gasteiger partial charge in [-0.3, -0.25) is 13.9 Å². The van der Waals surface area contributed by atoms with E-state index in [1.807, 2.05) is 75.4 Å². The van der Waals surface area contributed by atoms with Crippen LogP contribution < -0.4 is 14.4 Å². The van der Waals surface area contributed by atoms with E-state index in [1.165, 1.54) is 4.90 Å². The molecule has 0 radical (unpaired) electrons. The second-order valence-corrected chi connectivity index (χ2v) is 14.4. The Morgan fingerprint density at radius 3 is 2.12 bits per heavy atom.